The molecule has 1 rings (SSSR count). The van der Waals surface area contributed by atoms with Crippen molar-refractivity contribution in [2.45, 2.75) is 25.9 Å². The van der Waals surface area contributed by atoms with Gasteiger partial charge in [0, 0.05) is 10.6 Å². The zero-order valence-corrected chi connectivity index (χ0v) is 10.2. The van der Waals surface area contributed by atoms with Gasteiger partial charge in [0.25, 0.3) is 0 Å². The van der Waals surface area contributed by atoms with Crippen molar-refractivity contribution >= 4 is 11.6 Å². The molecule has 0 bridgehead atoms. The number of ether oxygens (including phenoxy) is 1. The van der Waals surface area contributed by atoms with Gasteiger partial charge in [-0.05, 0) is 38.0 Å². The van der Waals surface area contributed by atoms with Crippen LogP contribution >= 0.6 is 11.6 Å². The number of halogens is 1. The lowest BCUT2D eigenvalue weighted by Gasteiger charge is -2.13. The van der Waals surface area contributed by atoms with Crippen LogP contribution in [0.4, 0.5) is 0 Å². The van der Waals surface area contributed by atoms with Crippen LogP contribution in [0.25, 0.3) is 0 Å². The lowest BCUT2D eigenvalue weighted by atomic mass is 10.1. The van der Waals surface area contributed by atoms with Gasteiger partial charge in [-0.25, -0.2) is 0 Å². The van der Waals surface area contributed by atoms with Gasteiger partial charge in [-0.15, -0.1) is 6.58 Å². The zero-order chi connectivity index (χ0) is 12.0. The molecule has 2 nitrogen and oxygen atoms in total. The fourth-order valence-corrected chi connectivity index (χ4v) is 1.57. The summed E-state index contributed by atoms with van der Waals surface area (Å²) >= 11 is 5.86. The fourth-order valence-electron chi connectivity index (χ4n) is 1.39. The normalized spacial score (nSPS) is 12.2. The molecule has 16 heavy (non-hydrogen) atoms. The van der Waals surface area contributed by atoms with E-state index in [4.69, 9.17) is 16.3 Å². The van der Waals surface area contributed by atoms with Crippen LogP contribution in [0.15, 0.2) is 30.9 Å². The van der Waals surface area contributed by atoms with E-state index in [0.717, 1.165) is 18.4 Å². The quantitative estimate of drug-likeness (QED) is 0.606. The van der Waals surface area contributed by atoms with Crippen molar-refractivity contribution in [2.75, 3.05) is 6.61 Å². The molecule has 0 heterocycles. The van der Waals surface area contributed by atoms with Gasteiger partial charge in [0.2, 0.25) is 0 Å². The topological polar surface area (TPSA) is 29.5 Å². The first kappa shape index (κ1) is 13.1. The van der Waals surface area contributed by atoms with Crippen molar-refractivity contribution < 1.29 is 9.84 Å². The summed E-state index contributed by atoms with van der Waals surface area (Å²) in [6.07, 6.45) is 3.14. The minimum Gasteiger partial charge on any atom is -0.493 e. The number of rotatable bonds is 6. The third kappa shape index (κ3) is 3.87. The first-order chi connectivity index (χ1) is 7.65. The maximum Gasteiger partial charge on any atom is 0.125 e. The molecule has 0 aliphatic heterocycles. The van der Waals surface area contributed by atoms with Gasteiger partial charge in [0.05, 0.1) is 12.7 Å². The van der Waals surface area contributed by atoms with E-state index in [9.17, 15) is 5.11 Å². The van der Waals surface area contributed by atoms with Crippen LogP contribution in [0.1, 0.15) is 31.4 Å². The minimum absolute atomic E-state index is 0.576. The van der Waals surface area contributed by atoms with Gasteiger partial charge in [0.15, 0.2) is 0 Å². The number of allylic oxidation sites excluding steroid dienone is 1. The first-order valence-electron chi connectivity index (χ1n) is 5.36. The summed E-state index contributed by atoms with van der Waals surface area (Å²) in [5.41, 5.74) is 0.728. The number of hydrogen-bond acceptors (Lipinski definition) is 2. The average Bonchev–Trinajstić information content (AvgIpc) is 2.26. The molecule has 0 spiro atoms. The van der Waals surface area contributed by atoms with Crippen molar-refractivity contribution in [1.29, 1.82) is 0 Å². The van der Waals surface area contributed by atoms with Crippen molar-refractivity contribution in [3.63, 3.8) is 0 Å². The Morgan fingerprint density at radius 2 is 2.31 bits per heavy atom. The van der Waals surface area contributed by atoms with E-state index in [2.05, 4.69) is 6.58 Å². The SMILES string of the molecule is C=CCCCOc1ccc(Cl)cc1C(C)O. The van der Waals surface area contributed by atoms with Crippen LogP contribution in [-0.2, 0) is 0 Å². The van der Waals surface area contributed by atoms with E-state index < -0.39 is 6.10 Å². The lowest BCUT2D eigenvalue weighted by molar-refractivity contribution is 0.191. The molecule has 1 aromatic rings. The van der Waals surface area contributed by atoms with Gasteiger partial charge in [0.1, 0.15) is 5.75 Å². The van der Waals surface area contributed by atoms with Crippen LogP contribution in [0.5, 0.6) is 5.75 Å². The molecule has 1 unspecified atom stereocenters. The van der Waals surface area contributed by atoms with Crippen LogP contribution in [0.3, 0.4) is 0 Å². The monoisotopic (exact) mass is 240 g/mol. The molecular weight excluding hydrogens is 224 g/mol. The summed E-state index contributed by atoms with van der Waals surface area (Å²) in [5.74, 6) is 0.698. The summed E-state index contributed by atoms with van der Waals surface area (Å²) in [5, 5.41) is 10.2. The second-order valence-electron chi connectivity index (χ2n) is 3.64. The predicted molar refractivity (Wildman–Crippen MR) is 67.0 cm³/mol. The van der Waals surface area contributed by atoms with Crippen LogP contribution < -0.4 is 4.74 Å². The maximum atomic E-state index is 9.58. The molecule has 88 valence electrons. The Morgan fingerprint density at radius 1 is 1.56 bits per heavy atom. The predicted octanol–water partition coefficient (Wildman–Crippen LogP) is 3.74. The van der Waals surface area contributed by atoms with Crippen LogP contribution in [-0.4, -0.2) is 11.7 Å². The van der Waals surface area contributed by atoms with Crippen LogP contribution in [0.2, 0.25) is 5.02 Å². The molecule has 0 aromatic heterocycles. The molecule has 0 saturated heterocycles. The van der Waals surface area contributed by atoms with Crippen LogP contribution in [0, 0.1) is 0 Å². The molecular formula is C13H17ClO2. The Bertz CT molecular complexity index is 348. The van der Waals surface area contributed by atoms with Crippen molar-refractivity contribution in [3.05, 3.63) is 41.4 Å². The van der Waals surface area contributed by atoms with Gasteiger partial charge in [-0.2, -0.15) is 0 Å². The second-order valence-corrected chi connectivity index (χ2v) is 4.07. The molecule has 1 N–H and O–H groups in total. The Hall–Kier alpha value is -0.990. The highest BCUT2D eigenvalue weighted by atomic mass is 35.5. The van der Waals surface area contributed by atoms with E-state index in [-0.39, 0.29) is 0 Å². The summed E-state index contributed by atoms with van der Waals surface area (Å²) < 4.78 is 5.59. The Morgan fingerprint density at radius 3 is 2.94 bits per heavy atom. The summed E-state index contributed by atoms with van der Waals surface area (Å²) in [6.45, 7) is 5.96. The van der Waals surface area contributed by atoms with Gasteiger partial charge < -0.3 is 9.84 Å². The Balaban J connectivity index is 2.67. The standard InChI is InChI=1S/C13H17ClO2/c1-3-4-5-8-16-13-7-6-11(14)9-12(13)10(2)15/h3,6-7,9-10,15H,1,4-5,8H2,2H3. The molecule has 0 saturated carbocycles. The number of aliphatic hydroxyl groups is 1. The first-order valence-corrected chi connectivity index (χ1v) is 5.74. The van der Waals surface area contributed by atoms with Gasteiger partial charge >= 0.3 is 0 Å². The molecule has 3 heteroatoms. The molecule has 0 radical (unpaired) electrons. The summed E-state index contributed by atoms with van der Waals surface area (Å²) in [6, 6.07) is 5.28. The fraction of sp³-hybridized carbons (Fsp3) is 0.385. The molecule has 0 amide bonds. The third-order valence-electron chi connectivity index (χ3n) is 2.23. The highest BCUT2D eigenvalue weighted by Gasteiger charge is 2.09. The maximum absolute atomic E-state index is 9.58. The molecule has 0 aliphatic carbocycles. The summed E-state index contributed by atoms with van der Waals surface area (Å²) in [4.78, 5) is 0. The minimum atomic E-state index is -0.576. The van der Waals surface area contributed by atoms with E-state index >= 15 is 0 Å². The molecule has 1 aromatic carbocycles. The second kappa shape index (κ2) is 6.56. The van der Waals surface area contributed by atoms with E-state index in [0.29, 0.717) is 17.4 Å². The molecule has 1 atom stereocenters. The van der Waals surface area contributed by atoms with Gasteiger partial charge in [-0.1, -0.05) is 17.7 Å². The number of hydrogen-bond donors (Lipinski definition) is 1. The van der Waals surface area contributed by atoms with Gasteiger partial charge in [-0.3, -0.25) is 0 Å². The van der Waals surface area contributed by atoms with Crippen molar-refractivity contribution in [3.8, 4) is 5.75 Å². The molecule has 0 fully saturated rings. The zero-order valence-electron chi connectivity index (χ0n) is 9.45. The van der Waals surface area contributed by atoms with E-state index in [1.54, 1.807) is 25.1 Å². The van der Waals surface area contributed by atoms with E-state index in [1.165, 1.54) is 0 Å². The lowest BCUT2D eigenvalue weighted by Crippen LogP contribution is -2.02. The Labute approximate surface area is 102 Å². The number of benzene rings is 1. The highest BCUT2D eigenvalue weighted by molar-refractivity contribution is 6.30. The largest absolute Gasteiger partial charge is 0.493 e. The summed E-state index contributed by atoms with van der Waals surface area (Å²) in [7, 11) is 0. The van der Waals surface area contributed by atoms with E-state index in [1.807, 2.05) is 6.08 Å². The Kier molecular flexibility index (Phi) is 5.36. The highest BCUT2D eigenvalue weighted by Crippen LogP contribution is 2.28. The van der Waals surface area contributed by atoms with Crippen molar-refractivity contribution in [1.82, 2.24) is 0 Å². The van der Waals surface area contributed by atoms with Crippen molar-refractivity contribution in [2.24, 2.45) is 0 Å². The third-order valence-corrected chi connectivity index (χ3v) is 2.47. The molecule has 0 aliphatic rings. The number of unbranched alkanes of at least 4 members (excludes halogenated alkanes) is 1. The number of aliphatic hydroxyl groups excluding tert-OH is 1. The smallest absolute Gasteiger partial charge is 0.125 e. The average molecular weight is 241 g/mol.